The number of hydrogen-bond acceptors (Lipinski definition) is 11. The lowest BCUT2D eigenvalue weighted by Gasteiger charge is -2.12. The zero-order valence-electron chi connectivity index (χ0n) is 23.4. The summed E-state index contributed by atoms with van der Waals surface area (Å²) in [6, 6.07) is 16.1. The van der Waals surface area contributed by atoms with E-state index in [4.69, 9.17) is 14.5 Å². The second kappa shape index (κ2) is 12.4. The molecule has 43 heavy (non-hydrogen) atoms. The number of carbonyl (C=O) groups excluding carboxylic acids is 1. The van der Waals surface area contributed by atoms with Crippen molar-refractivity contribution in [2.24, 2.45) is 0 Å². The van der Waals surface area contributed by atoms with E-state index in [1.807, 2.05) is 44.2 Å². The zero-order chi connectivity index (χ0) is 30.7. The normalized spacial score (nSPS) is 11.3. The quantitative estimate of drug-likeness (QED) is 0.166. The van der Waals surface area contributed by atoms with Crippen LogP contribution >= 0.6 is 23.1 Å². The molecule has 2 N–H and O–H groups in total. The van der Waals surface area contributed by atoms with Crippen molar-refractivity contribution in [1.29, 1.82) is 0 Å². The highest BCUT2D eigenvalue weighted by atomic mass is 32.2. The molecule has 1 amide bonds. The van der Waals surface area contributed by atoms with Crippen molar-refractivity contribution < 1.29 is 22.7 Å². The van der Waals surface area contributed by atoms with Gasteiger partial charge in [-0.3, -0.25) is 18.9 Å². The van der Waals surface area contributed by atoms with Crippen molar-refractivity contribution in [3.63, 3.8) is 0 Å². The smallest absolute Gasteiger partial charge is 0.321 e. The van der Waals surface area contributed by atoms with Gasteiger partial charge < -0.3 is 14.8 Å². The third-order valence-electron chi connectivity index (χ3n) is 6.28. The Bertz CT molecular complexity index is 1950. The summed E-state index contributed by atoms with van der Waals surface area (Å²) in [5.74, 6) is -0.303. The van der Waals surface area contributed by atoms with Crippen LogP contribution < -0.4 is 25.1 Å². The van der Waals surface area contributed by atoms with Crippen LogP contribution in [-0.2, 0) is 14.8 Å². The maximum absolute atomic E-state index is 13.6. The summed E-state index contributed by atoms with van der Waals surface area (Å²) in [5.41, 5.74) is 1.75. The van der Waals surface area contributed by atoms with Crippen LogP contribution in [0.25, 0.3) is 15.9 Å². The largest absolute Gasteiger partial charge is 0.481 e. The van der Waals surface area contributed by atoms with Crippen LogP contribution in [0.4, 0.5) is 11.5 Å². The number of ether oxygens (including phenoxy) is 2. The summed E-state index contributed by atoms with van der Waals surface area (Å²) in [4.78, 5) is 40.7. The average molecular weight is 639 g/mol. The number of sulfonamides is 1. The number of fused-ring (bicyclic) bond motifs is 1. The second-order valence-corrected chi connectivity index (χ2v) is 12.9. The molecule has 0 fully saturated rings. The predicted molar refractivity (Wildman–Crippen MR) is 166 cm³/mol. The molecule has 15 heteroatoms. The number of nitrogens with zero attached hydrogens (tertiary/aromatic N) is 4. The molecule has 0 aliphatic rings. The number of hydrogen-bond donors (Lipinski definition) is 2. The van der Waals surface area contributed by atoms with Crippen molar-refractivity contribution in [2.45, 2.75) is 23.9 Å². The first-order valence-corrected chi connectivity index (χ1v) is 16.0. The molecule has 12 nitrogen and oxygen atoms in total. The molecule has 0 bridgehead atoms. The second-order valence-electron chi connectivity index (χ2n) is 9.08. The molecule has 0 unspecified atom stereocenters. The molecule has 0 aliphatic carbocycles. The van der Waals surface area contributed by atoms with Gasteiger partial charge in [0, 0.05) is 16.6 Å². The van der Waals surface area contributed by atoms with E-state index in [9.17, 15) is 18.0 Å². The van der Waals surface area contributed by atoms with Gasteiger partial charge in [0.1, 0.15) is 4.83 Å². The number of anilines is 2. The van der Waals surface area contributed by atoms with Gasteiger partial charge in [0.2, 0.25) is 11.8 Å². The van der Waals surface area contributed by atoms with Crippen LogP contribution in [0.1, 0.15) is 10.4 Å². The molecule has 3 aromatic heterocycles. The third-order valence-corrected chi connectivity index (χ3v) is 9.69. The summed E-state index contributed by atoms with van der Waals surface area (Å²) in [5, 5.41) is 3.72. The Hall–Kier alpha value is -4.47. The summed E-state index contributed by atoms with van der Waals surface area (Å²) in [7, 11) is -1.29. The number of aryl methyl sites for hydroxylation is 2. The molecule has 5 rings (SSSR count). The van der Waals surface area contributed by atoms with Crippen LogP contribution in [0.15, 0.2) is 75.5 Å². The van der Waals surface area contributed by atoms with E-state index in [2.05, 4.69) is 20.0 Å². The monoisotopic (exact) mass is 638 g/mol. The minimum atomic E-state index is -4.02. The lowest BCUT2D eigenvalue weighted by atomic mass is 10.2. The number of thiophene rings is 1. The van der Waals surface area contributed by atoms with Gasteiger partial charge in [0.05, 0.1) is 35.9 Å². The Balaban J connectivity index is 1.31. The van der Waals surface area contributed by atoms with E-state index in [0.717, 1.165) is 22.2 Å². The summed E-state index contributed by atoms with van der Waals surface area (Å²) in [6.45, 7) is 3.86. The fraction of sp³-hybridized carbons (Fsp3) is 0.179. The van der Waals surface area contributed by atoms with Crippen molar-refractivity contribution in [1.82, 2.24) is 19.5 Å². The van der Waals surface area contributed by atoms with Crippen molar-refractivity contribution in [3.05, 3.63) is 81.5 Å². The maximum atomic E-state index is 13.6. The molecule has 3 heterocycles. The lowest BCUT2D eigenvalue weighted by molar-refractivity contribution is -0.113. The molecule has 0 radical (unpaired) electrons. The fourth-order valence-electron chi connectivity index (χ4n) is 4.07. The summed E-state index contributed by atoms with van der Waals surface area (Å²) >= 11 is 2.58. The number of thioether (sulfide) groups is 1. The third kappa shape index (κ3) is 6.48. The van der Waals surface area contributed by atoms with Crippen LogP contribution in [0.5, 0.6) is 11.9 Å². The van der Waals surface area contributed by atoms with E-state index in [1.165, 1.54) is 60.5 Å². The number of methoxy groups -OCH3 is 2. The van der Waals surface area contributed by atoms with Gasteiger partial charge in [-0.1, -0.05) is 30.0 Å². The van der Waals surface area contributed by atoms with Gasteiger partial charge in [-0.2, -0.15) is 9.97 Å². The minimum Gasteiger partial charge on any atom is -0.481 e. The first-order valence-electron chi connectivity index (χ1n) is 12.7. The predicted octanol–water partition coefficient (Wildman–Crippen LogP) is 4.40. The maximum Gasteiger partial charge on any atom is 0.321 e. The lowest BCUT2D eigenvalue weighted by Crippen LogP contribution is -2.22. The number of nitrogens with one attached hydrogen (secondary N) is 2. The van der Waals surface area contributed by atoms with E-state index in [1.54, 1.807) is 0 Å². The number of benzene rings is 2. The van der Waals surface area contributed by atoms with Crippen LogP contribution in [0.3, 0.4) is 0 Å². The Morgan fingerprint density at radius 2 is 1.72 bits per heavy atom. The van der Waals surface area contributed by atoms with Crippen molar-refractivity contribution in [2.75, 3.05) is 30.0 Å². The molecular formula is C28H26N6O6S3. The van der Waals surface area contributed by atoms with E-state index in [0.29, 0.717) is 26.7 Å². The molecule has 0 spiro atoms. The zero-order valence-corrected chi connectivity index (χ0v) is 25.9. The van der Waals surface area contributed by atoms with Gasteiger partial charge >= 0.3 is 6.01 Å². The van der Waals surface area contributed by atoms with Crippen LogP contribution in [-0.4, -0.2) is 53.8 Å². The van der Waals surface area contributed by atoms with Crippen LogP contribution in [0, 0.1) is 13.8 Å². The standard InChI is InChI=1S/C28H26N6O6S3/c1-16-17(2)42-25-24(16)26(36)34(19-8-6-5-7-9-19)28(32-25)41-15-22(35)29-18-10-12-20(13-11-18)43(37,38)33-21-14-23(39-3)31-27(30-21)40-4/h5-14H,15H2,1-4H3,(H,29,35)(H,30,31,33). The highest BCUT2D eigenvalue weighted by Crippen LogP contribution is 2.30. The SMILES string of the molecule is COc1cc(NS(=O)(=O)c2ccc(NC(=O)CSc3nc4sc(C)c(C)c4c(=O)n3-c3ccccc3)cc2)nc(OC)n1. The first kappa shape index (κ1) is 30.0. The molecule has 0 aliphatic heterocycles. The van der Waals surface area contributed by atoms with Crippen molar-refractivity contribution in [3.8, 4) is 17.6 Å². The van der Waals surface area contributed by atoms with E-state index >= 15 is 0 Å². The highest BCUT2D eigenvalue weighted by molar-refractivity contribution is 7.99. The number of amides is 1. The van der Waals surface area contributed by atoms with E-state index in [-0.39, 0.29) is 39.8 Å². The Morgan fingerprint density at radius 3 is 2.40 bits per heavy atom. The fourth-order valence-corrected chi connectivity index (χ4v) is 6.95. The minimum absolute atomic E-state index is 0.0346. The molecule has 2 aromatic carbocycles. The van der Waals surface area contributed by atoms with Gasteiger partial charge in [0.15, 0.2) is 11.0 Å². The summed E-state index contributed by atoms with van der Waals surface area (Å²) in [6.07, 6.45) is 0. The highest BCUT2D eigenvalue weighted by Gasteiger charge is 2.20. The number of carbonyl (C=O) groups is 1. The Morgan fingerprint density at radius 1 is 1.00 bits per heavy atom. The number of aromatic nitrogens is 4. The van der Waals surface area contributed by atoms with Gasteiger partial charge in [-0.25, -0.2) is 13.4 Å². The average Bonchev–Trinajstić information content (AvgIpc) is 3.29. The van der Waals surface area contributed by atoms with Gasteiger partial charge in [-0.05, 0) is 55.8 Å². The topological polar surface area (TPSA) is 154 Å². The number of rotatable bonds is 10. The molecule has 0 saturated heterocycles. The van der Waals surface area contributed by atoms with Gasteiger partial charge in [-0.15, -0.1) is 11.3 Å². The molecular weight excluding hydrogens is 613 g/mol. The van der Waals surface area contributed by atoms with E-state index < -0.39 is 10.0 Å². The van der Waals surface area contributed by atoms with Crippen molar-refractivity contribution >= 4 is 60.8 Å². The van der Waals surface area contributed by atoms with Gasteiger partial charge in [0.25, 0.3) is 15.6 Å². The molecule has 0 saturated carbocycles. The summed E-state index contributed by atoms with van der Waals surface area (Å²) < 4.78 is 39.7. The van der Waals surface area contributed by atoms with Crippen LogP contribution in [0.2, 0.25) is 0 Å². The number of para-hydroxylation sites is 1. The first-order chi connectivity index (χ1) is 20.6. The molecule has 0 atom stereocenters. The molecule has 222 valence electrons. The Kier molecular flexibility index (Phi) is 8.66. The Labute approximate surface area is 255 Å². The molecule has 5 aromatic rings.